The Labute approximate surface area is 80.2 Å². The van der Waals surface area contributed by atoms with Gasteiger partial charge in [-0.3, -0.25) is 0 Å². The fraction of sp³-hybridized carbons (Fsp3) is 0.111. The van der Waals surface area contributed by atoms with E-state index in [0.717, 1.165) is 4.73 Å². The Balaban J connectivity index is 2.94. The maximum atomic E-state index is 11.5. The molecule has 0 amide bonds. The summed E-state index contributed by atoms with van der Waals surface area (Å²) in [4.78, 5) is 4.08. The van der Waals surface area contributed by atoms with Crippen molar-refractivity contribution in [2.24, 2.45) is 0 Å². The Morgan fingerprint density at radius 1 is 1.38 bits per heavy atom. The largest absolute Gasteiger partial charge is 0.618 e. The number of fused-ring (bicyclic) bond motifs is 1. The third-order valence-corrected chi connectivity index (χ3v) is 2.28. The van der Waals surface area contributed by atoms with Gasteiger partial charge in [-0.25, -0.2) is 4.98 Å². The second kappa shape index (κ2) is 2.85. The zero-order chi connectivity index (χ0) is 9.42. The minimum Gasteiger partial charge on any atom is -0.618 e. The Morgan fingerprint density at radius 3 is 2.85 bits per heavy atom. The third kappa shape index (κ3) is 1.21. The lowest BCUT2D eigenvalue weighted by molar-refractivity contribution is -0.584. The van der Waals surface area contributed by atoms with Gasteiger partial charge in [0, 0.05) is 13.0 Å². The van der Waals surface area contributed by atoms with Crippen molar-refractivity contribution in [3.63, 3.8) is 0 Å². The molecule has 1 heterocycles. The molecule has 3 nitrogen and oxygen atoms in total. The molecule has 0 spiro atoms. The van der Waals surface area contributed by atoms with Gasteiger partial charge in [-0.15, -0.1) is 0 Å². The minimum absolute atomic E-state index is 0.258. The number of hydrogen-bond donors (Lipinski definition) is 0. The molecule has 0 unspecified atom stereocenters. The maximum Gasteiger partial charge on any atom is 0.242 e. The summed E-state index contributed by atoms with van der Waals surface area (Å²) in [7, 11) is 0. The van der Waals surface area contributed by atoms with Crippen LogP contribution in [0.1, 0.15) is 5.69 Å². The van der Waals surface area contributed by atoms with Crippen molar-refractivity contribution in [1.29, 1.82) is 0 Å². The van der Waals surface area contributed by atoms with E-state index in [-0.39, 0.29) is 5.15 Å². The van der Waals surface area contributed by atoms with E-state index in [2.05, 4.69) is 4.98 Å². The highest BCUT2D eigenvalue weighted by molar-refractivity contribution is 6.30. The van der Waals surface area contributed by atoms with Crippen LogP contribution in [0.25, 0.3) is 11.0 Å². The molecule has 2 rings (SSSR count). The van der Waals surface area contributed by atoms with Gasteiger partial charge in [-0.1, -0.05) is 23.7 Å². The summed E-state index contributed by atoms with van der Waals surface area (Å²) < 4.78 is 0.796. The zero-order valence-electron chi connectivity index (χ0n) is 6.99. The van der Waals surface area contributed by atoms with E-state index < -0.39 is 0 Å². The molecular weight excluding hydrogens is 188 g/mol. The van der Waals surface area contributed by atoms with Gasteiger partial charge in [0.15, 0.2) is 5.15 Å². The summed E-state index contributed by atoms with van der Waals surface area (Å²) in [5, 5.41) is 11.8. The van der Waals surface area contributed by atoms with E-state index in [1.165, 1.54) is 0 Å². The molecule has 0 saturated carbocycles. The number of rotatable bonds is 0. The van der Waals surface area contributed by atoms with Crippen molar-refractivity contribution in [2.45, 2.75) is 6.92 Å². The van der Waals surface area contributed by atoms with E-state index in [4.69, 9.17) is 11.6 Å². The van der Waals surface area contributed by atoms with Crippen LogP contribution in [0.15, 0.2) is 24.3 Å². The fourth-order valence-corrected chi connectivity index (χ4v) is 1.35. The highest BCUT2D eigenvalue weighted by Crippen LogP contribution is 2.13. The van der Waals surface area contributed by atoms with Crippen molar-refractivity contribution in [2.75, 3.05) is 0 Å². The highest BCUT2D eigenvalue weighted by atomic mass is 35.5. The van der Waals surface area contributed by atoms with E-state index in [1.807, 2.05) is 6.07 Å². The molecule has 0 aliphatic heterocycles. The lowest BCUT2D eigenvalue weighted by Gasteiger charge is -2.04. The first-order valence-corrected chi connectivity index (χ1v) is 4.22. The minimum atomic E-state index is 0.258. The number of para-hydroxylation sites is 2. The monoisotopic (exact) mass is 194 g/mol. The predicted octanol–water partition coefficient (Wildman–Crippen LogP) is 1.83. The molecule has 0 N–H and O–H groups in total. The summed E-state index contributed by atoms with van der Waals surface area (Å²) in [6, 6.07) is 7.10. The quantitative estimate of drug-likeness (QED) is 0.474. The van der Waals surface area contributed by atoms with Crippen LogP contribution >= 0.6 is 11.6 Å². The molecule has 0 aliphatic rings. The molecule has 0 aliphatic carbocycles. The van der Waals surface area contributed by atoms with Crippen molar-refractivity contribution >= 4 is 22.6 Å². The first-order chi connectivity index (χ1) is 6.20. The molecule has 0 radical (unpaired) electrons. The van der Waals surface area contributed by atoms with Gasteiger partial charge < -0.3 is 5.21 Å². The lowest BCUT2D eigenvalue weighted by atomic mass is 10.3. The smallest absolute Gasteiger partial charge is 0.242 e. The Hall–Kier alpha value is -1.35. The molecule has 0 bridgehead atoms. The number of nitrogens with zero attached hydrogens (tertiary/aromatic N) is 2. The topological polar surface area (TPSA) is 39.8 Å². The summed E-state index contributed by atoms with van der Waals surface area (Å²) in [6.07, 6.45) is 0. The molecule has 1 aromatic heterocycles. The molecule has 4 heteroatoms. The van der Waals surface area contributed by atoms with Crippen LogP contribution in [0.4, 0.5) is 0 Å². The molecular formula is C9H7ClN2O. The number of halogens is 1. The maximum absolute atomic E-state index is 11.5. The van der Waals surface area contributed by atoms with Crippen LogP contribution in [-0.2, 0) is 0 Å². The second-order valence-corrected chi connectivity index (χ2v) is 3.13. The molecule has 2 aromatic rings. The highest BCUT2D eigenvalue weighted by Gasteiger charge is 2.11. The van der Waals surface area contributed by atoms with E-state index in [0.29, 0.717) is 16.7 Å². The summed E-state index contributed by atoms with van der Waals surface area (Å²) >= 11 is 5.76. The van der Waals surface area contributed by atoms with Crippen LogP contribution in [0.2, 0.25) is 5.15 Å². The van der Waals surface area contributed by atoms with Gasteiger partial charge in [0.05, 0.1) is 0 Å². The molecule has 1 aromatic carbocycles. The number of aromatic nitrogens is 2. The zero-order valence-corrected chi connectivity index (χ0v) is 7.75. The van der Waals surface area contributed by atoms with Crippen molar-refractivity contribution in [1.82, 2.24) is 4.98 Å². The summed E-state index contributed by atoms with van der Waals surface area (Å²) in [6.45, 7) is 1.65. The first-order valence-electron chi connectivity index (χ1n) is 3.84. The lowest BCUT2D eigenvalue weighted by Crippen LogP contribution is -2.31. The predicted molar refractivity (Wildman–Crippen MR) is 50.5 cm³/mol. The number of benzene rings is 1. The third-order valence-electron chi connectivity index (χ3n) is 1.92. The molecule has 0 atom stereocenters. The van der Waals surface area contributed by atoms with Gasteiger partial charge in [0.2, 0.25) is 11.2 Å². The molecule has 66 valence electrons. The van der Waals surface area contributed by atoms with E-state index in [9.17, 15) is 5.21 Å². The van der Waals surface area contributed by atoms with Crippen LogP contribution in [0, 0.1) is 12.1 Å². The average molecular weight is 195 g/mol. The first kappa shape index (κ1) is 8.26. The Kier molecular flexibility index (Phi) is 1.81. The van der Waals surface area contributed by atoms with Crippen molar-refractivity contribution < 1.29 is 4.73 Å². The van der Waals surface area contributed by atoms with Crippen LogP contribution in [0.5, 0.6) is 0 Å². The van der Waals surface area contributed by atoms with Gasteiger partial charge in [0.25, 0.3) is 0 Å². The normalized spacial score (nSPS) is 10.6. The van der Waals surface area contributed by atoms with Gasteiger partial charge in [0.1, 0.15) is 5.52 Å². The average Bonchev–Trinajstić information content (AvgIpc) is 2.15. The number of hydrogen-bond acceptors (Lipinski definition) is 2. The molecule has 13 heavy (non-hydrogen) atoms. The van der Waals surface area contributed by atoms with Gasteiger partial charge >= 0.3 is 0 Å². The van der Waals surface area contributed by atoms with E-state index in [1.54, 1.807) is 25.1 Å². The summed E-state index contributed by atoms with van der Waals surface area (Å²) in [5.41, 5.74) is 1.60. The van der Waals surface area contributed by atoms with Crippen LogP contribution in [0.3, 0.4) is 0 Å². The van der Waals surface area contributed by atoms with Gasteiger partial charge in [-0.05, 0) is 6.07 Å². The Morgan fingerprint density at radius 2 is 2.08 bits per heavy atom. The summed E-state index contributed by atoms with van der Waals surface area (Å²) in [5.74, 6) is 0. The van der Waals surface area contributed by atoms with E-state index >= 15 is 0 Å². The standard InChI is InChI=1S/C9H7ClN2O/c1-6-9(10)11-7-4-2-3-5-8(7)12(6)13/h2-5H,1H3. The molecule has 0 saturated heterocycles. The second-order valence-electron chi connectivity index (χ2n) is 2.77. The SMILES string of the molecule is Cc1c(Cl)nc2ccccc2[n+]1[O-]. The fourth-order valence-electron chi connectivity index (χ4n) is 1.18. The van der Waals surface area contributed by atoms with Crippen molar-refractivity contribution in [3.8, 4) is 0 Å². The van der Waals surface area contributed by atoms with Crippen LogP contribution < -0.4 is 4.73 Å². The van der Waals surface area contributed by atoms with Gasteiger partial charge in [-0.2, -0.15) is 4.73 Å². The molecule has 0 fully saturated rings. The van der Waals surface area contributed by atoms with Crippen LogP contribution in [-0.4, -0.2) is 4.98 Å². The Bertz CT molecular complexity index is 470. The van der Waals surface area contributed by atoms with Crippen molar-refractivity contribution in [3.05, 3.63) is 40.3 Å².